The topological polar surface area (TPSA) is 85.3 Å². The Morgan fingerprint density at radius 3 is 2.21 bits per heavy atom. The van der Waals surface area contributed by atoms with Crippen LogP contribution < -0.4 is 9.47 Å². The molecule has 0 saturated carbocycles. The van der Waals surface area contributed by atoms with Crippen LogP contribution in [0.15, 0.2) is 42.5 Å². The van der Waals surface area contributed by atoms with E-state index in [0.29, 0.717) is 48.9 Å². The zero-order chi connectivity index (χ0) is 28.1. The van der Waals surface area contributed by atoms with E-state index in [4.69, 9.17) is 14.2 Å². The molecule has 2 aliphatic rings. The highest BCUT2D eigenvalue weighted by Gasteiger charge is 2.37. The van der Waals surface area contributed by atoms with Crippen molar-refractivity contribution in [2.45, 2.75) is 66.3 Å². The fourth-order valence-electron chi connectivity index (χ4n) is 5.58. The molecule has 0 saturated heterocycles. The molecule has 0 unspecified atom stereocenters. The van der Waals surface area contributed by atoms with Gasteiger partial charge in [-0.2, -0.15) is 0 Å². The number of benzene rings is 3. The van der Waals surface area contributed by atoms with Crippen molar-refractivity contribution in [2.75, 3.05) is 13.2 Å². The van der Waals surface area contributed by atoms with Crippen molar-refractivity contribution in [3.05, 3.63) is 81.4 Å². The first-order valence-corrected chi connectivity index (χ1v) is 13.3. The highest BCUT2D eigenvalue weighted by molar-refractivity contribution is 5.98. The van der Waals surface area contributed by atoms with Gasteiger partial charge in [-0.25, -0.2) is 4.79 Å². The van der Waals surface area contributed by atoms with E-state index in [9.17, 15) is 14.7 Å². The number of fused-ring (bicyclic) bond motifs is 2. The number of carboxylic acid groups (broad SMARTS) is 1. The first kappa shape index (κ1) is 26.8. The minimum absolute atomic E-state index is 0.147. The van der Waals surface area contributed by atoms with Crippen LogP contribution in [0.2, 0.25) is 0 Å². The molecule has 39 heavy (non-hydrogen) atoms. The van der Waals surface area contributed by atoms with Gasteiger partial charge < -0.3 is 24.2 Å². The molecule has 1 amide bonds. The molecule has 7 nitrogen and oxygen atoms in total. The van der Waals surface area contributed by atoms with Crippen molar-refractivity contribution < 1.29 is 28.9 Å². The average molecular weight is 530 g/mol. The summed E-state index contributed by atoms with van der Waals surface area (Å²) in [6.45, 7) is 13.2. The summed E-state index contributed by atoms with van der Waals surface area (Å²) < 4.78 is 17.7. The van der Waals surface area contributed by atoms with Crippen molar-refractivity contribution in [1.29, 1.82) is 0 Å². The van der Waals surface area contributed by atoms with E-state index in [1.807, 2.05) is 65.8 Å². The van der Waals surface area contributed by atoms with E-state index in [-0.39, 0.29) is 5.91 Å². The standard InChI is InChI=1S/C32H35NO6/c1-18-10-12-21(13-11-18)26-19(2)23-16-33(30(34)22-8-7-9-25-28(22)38-15-14-37-25)17-24(23)20(3)27(26)29(31(35)36)39-32(4,5)6/h7-13,29H,14-17H2,1-6H3,(H,35,36)/t29-/m0/s1. The molecule has 0 spiro atoms. The molecule has 2 aliphatic heterocycles. The fraction of sp³-hybridized carbons (Fsp3) is 0.375. The monoisotopic (exact) mass is 529 g/mol. The van der Waals surface area contributed by atoms with Crippen molar-refractivity contribution >= 4 is 11.9 Å². The second-order valence-corrected chi connectivity index (χ2v) is 11.3. The van der Waals surface area contributed by atoms with E-state index < -0.39 is 17.7 Å². The minimum atomic E-state index is -1.17. The molecule has 5 rings (SSSR count). The van der Waals surface area contributed by atoms with Gasteiger partial charge in [-0.05, 0) is 87.1 Å². The van der Waals surface area contributed by atoms with Gasteiger partial charge in [-0.3, -0.25) is 4.79 Å². The third-order valence-electron chi connectivity index (χ3n) is 7.40. The Kier molecular flexibility index (Phi) is 6.89. The van der Waals surface area contributed by atoms with Crippen molar-refractivity contribution in [3.63, 3.8) is 0 Å². The van der Waals surface area contributed by atoms with Crippen LogP contribution in [0.4, 0.5) is 0 Å². The second kappa shape index (κ2) is 10.0. The van der Waals surface area contributed by atoms with Crippen LogP contribution in [-0.4, -0.2) is 40.7 Å². The lowest BCUT2D eigenvalue weighted by molar-refractivity contribution is -0.160. The predicted molar refractivity (Wildman–Crippen MR) is 148 cm³/mol. The number of para-hydroxylation sites is 1. The Hall–Kier alpha value is -3.84. The lowest BCUT2D eigenvalue weighted by atomic mass is 9.83. The molecule has 7 heteroatoms. The number of carbonyl (C=O) groups is 2. The molecule has 3 aromatic carbocycles. The fourth-order valence-corrected chi connectivity index (χ4v) is 5.58. The first-order valence-electron chi connectivity index (χ1n) is 13.3. The largest absolute Gasteiger partial charge is 0.486 e. The van der Waals surface area contributed by atoms with E-state index in [2.05, 4.69) is 0 Å². The zero-order valence-corrected chi connectivity index (χ0v) is 23.4. The molecule has 1 N–H and O–H groups in total. The molecule has 0 radical (unpaired) electrons. The highest BCUT2D eigenvalue weighted by Crippen LogP contribution is 2.44. The maximum Gasteiger partial charge on any atom is 0.337 e. The van der Waals surface area contributed by atoms with Gasteiger partial charge in [-0.15, -0.1) is 0 Å². The van der Waals surface area contributed by atoms with Gasteiger partial charge in [0.25, 0.3) is 5.91 Å². The molecule has 1 atom stereocenters. The van der Waals surface area contributed by atoms with E-state index in [1.54, 1.807) is 23.1 Å². The van der Waals surface area contributed by atoms with Crippen molar-refractivity contribution in [3.8, 4) is 22.6 Å². The molecule has 0 aliphatic carbocycles. The van der Waals surface area contributed by atoms with Gasteiger partial charge in [0.05, 0.1) is 11.2 Å². The summed E-state index contributed by atoms with van der Waals surface area (Å²) in [5, 5.41) is 10.4. The number of aliphatic carboxylic acids is 1. The Morgan fingerprint density at radius 1 is 0.923 bits per heavy atom. The predicted octanol–water partition coefficient (Wildman–Crippen LogP) is 6.15. The van der Waals surface area contributed by atoms with E-state index in [0.717, 1.165) is 38.9 Å². The van der Waals surface area contributed by atoms with Crippen LogP contribution >= 0.6 is 0 Å². The number of rotatable bonds is 5. The van der Waals surface area contributed by atoms with Crippen LogP contribution in [0, 0.1) is 20.8 Å². The Morgan fingerprint density at radius 2 is 1.56 bits per heavy atom. The number of nitrogens with zero attached hydrogens (tertiary/aromatic N) is 1. The summed E-state index contributed by atoms with van der Waals surface area (Å²) in [4.78, 5) is 28.2. The summed E-state index contributed by atoms with van der Waals surface area (Å²) >= 11 is 0. The third kappa shape index (κ3) is 4.99. The Balaban J connectivity index is 1.64. The molecule has 204 valence electrons. The maximum absolute atomic E-state index is 13.8. The SMILES string of the molecule is Cc1ccc(-c2c(C)c3c(c(C)c2[C@H](OC(C)(C)C)C(=O)O)CN(C(=O)c2cccc4c2OCCO4)C3)cc1. The summed E-state index contributed by atoms with van der Waals surface area (Å²) in [6, 6.07) is 13.5. The molecule has 0 fully saturated rings. The van der Waals surface area contributed by atoms with Crippen LogP contribution in [0.25, 0.3) is 11.1 Å². The number of ether oxygens (including phenoxy) is 3. The number of carbonyl (C=O) groups excluding carboxylic acids is 1. The minimum Gasteiger partial charge on any atom is -0.486 e. The van der Waals surface area contributed by atoms with E-state index in [1.165, 1.54) is 0 Å². The second-order valence-electron chi connectivity index (χ2n) is 11.3. The van der Waals surface area contributed by atoms with Crippen LogP contribution in [0.3, 0.4) is 0 Å². The summed E-state index contributed by atoms with van der Waals surface area (Å²) in [7, 11) is 0. The normalized spacial score (nSPS) is 15.2. The molecule has 0 aromatic heterocycles. The highest BCUT2D eigenvalue weighted by atomic mass is 16.6. The zero-order valence-electron chi connectivity index (χ0n) is 23.4. The first-order chi connectivity index (χ1) is 18.5. The molecular weight excluding hydrogens is 494 g/mol. The number of hydrogen-bond acceptors (Lipinski definition) is 5. The van der Waals surface area contributed by atoms with Gasteiger partial charge in [0.1, 0.15) is 13.2 Å². The van der Waals surface area contributed by atoms with Gasteiger partial charge in [0, 0.05) is 18.7 Å². The van der Waals surface area contributed by atoms with Crippen LogP contribution in [-0.2, 0) is 22.6 Å². The molecule has 0 bridgehead atoms. The van der Waals surface area contributed by atoms with Gasteiger partial charge in [0.15, 0.2) is 17.6 Å². The van der Waals surface area contributed by atoms with Crippen molar-refractivity contribution in [1.82, 2.24) is 4.90 Å². The lowest BCUT2D eigenvalue weighted by Gasteiger charge is -2.29. The van der Waals surface area contributed by atoms with Gasteiger partial charge in [-0.1, -0.05) is 35.9 Å². The molecule has 3 aromatic rings. The smallest absolute Gasteiger partial charge is 0.337 e. The summed E-state index contributed by atoms with van der Waals surface area (Å²) in [6.07, 6.45) is -1.17. The van der Waals surface area contributed by atoms with Gasteiger partial charge >= 0.3 is 5.97 Å². The number of hydrogen-bond donors (Lipinski definition) is 1. The summed E-state index contributed by atoms with van der Waals surface area (Å²) in [5.41, 5.74) is 7.14. The maximum atomic E-state index is 13.8. The molecule has 2 heterocycles. The quantitative estimate of drug-likeness (QED) is 0.427. The van der Waals surface area contributed by atoms with E-state index >= 15 is 0 Å². The van der Waals surface area contributed by atoms with Crippen molar-refractivity contribution in [2.24, 2.45) is 0 Å². The third-order valence-corrected chi connectivity index (χ3v) is 7.40. The molecular formula is C32H35NO6. The summed E-state index contributed by atoms with van der Waals surface area (Å²) in [5.74, 6) is -0.140. The van der Waals surface area contributed by atoms with Crippen LogP contribution in [0.5, 0.6) is 11.5 Å². The Bertz CT molecular complexity index is 1450. The number of amides is 1. The van der Waals surface area contributed by atoms with Crippen LogP contribution in [0.1, 0.15) is 70.6 Å². The average Bonchev–Trinajstić information content (AvgIpc) is 3.35. The van der Waals surface area contributed by atoms with Gasteiger partial charge in [0.2, 0.25) is 0 Å². The number of carboxylic acids is 1. The Labute approximate surface area is 229 Å². The lowest BCUT2D eigenvalue weighted by Crippen LogP contribution is -2.29. The number of aryl methyl sites for hydroxylation is 1.